The fourth-order valence-corrected chi connectivity index (χ4v) is 6.82. The Balaban J connectivity index is 1.66. The smallest absolute Gasteiger partial charge is 0.264 e. The van der Waals surface area contributed by atoms with Gasteiger partial charge in [0, 0.05) is 12.6 Å². The van der Waals surface area contributed by atoms with Crippen LogP contribution in [0.2, 0.25) is 0 Å². The summed E-state index contributed by atoms with van der Waals surface area (Å²) < 4.78 is 34.5. The molecule has 1 N–H and O–H groups in total. The first-order valence-corrected chi connectivity index (χ1v) is 16.2. The molecule has 0 bridgehead atoms. The lowest BCUT2D eigenvalue weighted by atomic mass is 10.1. The number of sulfonamides is 1. The molecule has 8 nitrogen and oxygen atoms in total. The number of carbonyl (C=O) groups excluding carboxylic acids is 2. The van der Waals surface area contributed by atoms with E-state index in [2.05, 4.69) is 5.32 Å². The Hall–Kier alpha value is -3.85. The van der Waals surface area contributed by atoms with Gasteiger partial charge in [0.25, 0.3) is 10.0 Å². The Morgan fingerprint density at radius 2 is 1.52 bits per heavy atom. The van der Waals surface area contributed by atoms with Gasteiger partial charge in [0.15, 0.2) is 0 Å². The maximum absolute atomic E-state index is 14.2. The SMILES string of the molecule is CCOc1ccc(N(CC(=O)N(CCc2ccccc2)C(CC)C(=O)NC2CCCC2)S(=O)(=O)c2ccccc2)cc1. The molecular weight excluding hydrogens is 550 g/mol. The van der Waals surface area contributed by atoms with Crippen LogP contribution in [0.4, 0.5) is 5.69 Å². The topological polar surface area (TPSA) is 96.0 Å². The van der Waals surface area contributed by atoms with E-state index in [1.54, 1.807) is 47.4 Å². The molecule has 0 radical (unpaired) electrons. The molecule has 3 aromatic rings. The van der Waals surface area contributed by atoms with E-state index in [1.807, 2.05) is 44.2 Å². The van der Waals surface area contributed by atoms with Gasteiger partial charge >= 0.3 is 0 Å². The summed E-state index contributed by atoms with van der Waals surface area (Å²) in [5, 5.41) is 3.14. The van der Waals surface area contributed by atoms with E-state index in [0.29, 0.717) is 30.9 Å². The van der Waals surface area contributed by atoms with Crippen LogP contribution >= 0.6 is 0 Å². The fourth-order valence-electron chi connectivity index (χ4n) is 5.39. The van der Waals surface area contributed by atoms with Crippen LogP contribution in [-0.4, -0.2) is 56.9 Å². The highest BCUT2D eigenvalue weighted by atomic mass is 32.2. The van der Waals surface area contributed by atoms with Gasteiger partial charge in [-0.15, -0.1) is 0 Å². The molecule has 1 aliphatic carbocycles. The fraction of sp³-hybridized carbons (Fsp3) is 0.394. The highest BCUT2D eigenvalue weighted by molar-refractivity contribution is 7.92. The summed E-state index contributed by atoms with van der Waals surface area (Å²) in [6.07, 6.45) is 4.96. The van der Waals surface area contributed by atoms with Crippen LogP contribution in [0.25, 0.3) is 0 Å². The van der Waals surface area contributed by atoms with Crippen LogP contribution < -0.4 is 14.4 Å². The molecule has 4 rings (SSSR count). The Labute approximate surface area is 249 Å². The van der Waals surface area contributed by atoms with E-state index < -0.39 is 28.5 Å². The predicted octanol–water partition coefficient (Wildman–Crippen LogP) is 5.19. The zero-order valence-corrected chi connectivity index (χ0v) is 25.3. The number of amides is 2. The Morgan fingerprint density at radius 1 is 0.905 bits per heavy atom. The number of benzene rings is 3. The van der Waals surface area contributed by atoms with E-state index in [0.717, 1.165) is 35.6 Å². The molecular formula is C33H41N3O5S. The first kappa shape index (κ1) is 31.1. The standard InChI is InChI=1S/C33H41N3O5S/c1-3-31(33(38)34-27-15-11-12-16-27)35(24-23-26-13-7-5-8-14-26)32(37)25-36(28-19-21-29(22-20-28)41-4-2)42(39,40)30-17-9-6-10-18-30/h5-10,13-14,17-22,27,31H,3-4,11-12,15-16,23-25H2,1-2H3,(H,34,38). The number of carbonyl (C=O) groups is 2. The van der Waals surface area contributed by atoms with E-state index >= 15 is 0 Å². The van der Waals surface area contributed by atoms with Gasteiger partial charge in [-0.2, -0.15) is 0 Å². The number of nitrogens with zero attached hydrogens (tertiary/aromatic N) is 2. The van der Waals surface area contributed by atoms with Gasteiger partial charge in [0.1, 0.15) is 18.3 Å². The average Bonchev–Trinajstić information content (AvgIpc) is 3.52. The van der Waals surface area contributed by atoms with Gasteiger partial charge in [-0.25, -0.2) is 8.42 Å². The van der Waals surface area contributed by atoms with Crippen molar-refractivity contribution in [1.29, 1.82) is 0 Å². The molecule has 42 heavy (non-hydrogen) atoms. The van der Waals surface area contributed by atoms with Crippen molar-refractivity contribution in [3.05, 3.63) is 90.5 Å². The Morgan fingerprint density at radius 3 is 2.12 bits per heavy atom. The van der Waals surface area contributed by atoms with E-state index in [4.69, 9.17) is 4.74 Å². The third-order valence-electron chi connectivity index (χ3n) is 7.62. The summed E-state index contributed by atoms with van der Waals surface area (Å²) in [5.41, 5.74) is 1.36. The second-order valence-electron chi connectivity index (χ2n) is 10.5. The van der Waals surface area contributed by atoms with Crippen molar-refractivity contribution in [3.8, 4) is 5.75 Å². The van der Waals surface area contributed by atoms with Crippen LogP contribution in [0, 0.1) is 0 Å². The number of hydrogen-bond donors (Lipinski definition) is 1. The van der Waals surface area contributed by atoms with Crippen LogP contribution in [0.15, 0.2) is 89.8 Å². The van der Waals surface area contributed by atoms with Crippen molar-refractivity contribution in [1.82, 2.24) is 10.2 Å². The zero-order valence-electron chi connectivity index (χ0n) is 24.4. The molecule has 1 atom stereocenters. The quantitative estimate of drug-likeness (QED) is 0.278. The first-order chi connectivity index (χ1) is 20.3. The van der Waals surface area contributed by atoms with Crippen LogP contribution in [0.1, 0.15) is 51.5 Å². The average molecular weight is 592 g/mol. The van der Waals surface area contributed by atoms with Crippen molar-refractivity contribution in [2.75, 3.05) is 24.0 Å². The number of rotatable bonds is 14. The van der Waals surface area contributed by atoms with Gasteiger partial charge < -0.3 is 15.0 Å². The van der Waals surface area contributed by atoms with Gasteiger partial charge in [0.05, 0.1) is 17.2 Å². The van der Waals surface area contributed by atoms with Gasteiger partial charge in [-0.1, -0.05) is 68.3 Å². The lowest BCUT2D eigenvalue weighted by Gasteiger charge is -2.33. The minimum absolute atomic E-state index is 0.0774. The largest absolute Gasteiger partial charge is 0.494 e. The molecule has 224 valence electrons. The molecule has 9 heteroatoms. The second-order valence-corrected chi connectivity index (χ2v) is 12.4. The molecule has 0 heterocycles. The predicted molar refractivity (Wildman–Crippen MR) is 165 cm³/mol. The molecule has 1 saturated carbocycles. The van der Waals surface area contributed by atoms with Crippen molar-refractivity contribution in [3.63, 3.8) is 0 Å². The Bertz CT molecular complexity index is 1390. The Kier molecular flexibility index (Phi) is 11.0. The third-order valence-corrected chi connectivity index (χ3v) is 9.41. The van der Waals surface area contributed by atoms with Crippen molar-refractivity contribution in [2.24, 2.45) is 0 Å². The minimum atomic E-state index is -4.10. The second kappa shape index (κ2) is 14.9. The molecule has 0 aliphatic heterocycles. The summed E-state index contributed by atoms with van der Waals surface area (Å²) in [6, 6.07) is 23.9. The van der Waals surface area contributed by atoms with Gasteiger partial charge in [-0.3, -0.25) is 13.9 Å². The highest BCUT2D eigenvalue weighted by Gasteiger charge is 2.34. The summed E-state index contributed by atoms with van der Waals surface area (Å²) in [6.45, 7) is 4.05. The molecule has 2 amide bonds. The molecule has 0 saturated heterocycles. The molecule has 0 aromatic heterocycles. The summed E-state index contributed by atoms with van der Waals surface area (Å²) in [5.74, 6) is -0.0270. The molecule has 0 spiro atoms. The molecule has 1 unspecified atom stereocenters. The van der Waals surface area contributed by atoms with E-state index in [9.17, 15) is 18.0 Å². The van der Waals surface area contributed by atoms with E-state index in [-0.39, 0.29) is 23.4 Å². The molecule has 1 fully saturated rings. The number of hydrogen-bond acceptors (Lipinski definition) is 5. The normalized spacial score (nSPS) is 14.2. The maximum Gasteiger partial charge on any atom is 0.264 e. The number of nitrogens with one attached hydrogen (secondary N) is 1. The number of anilines is 1. The lowest BCUT2D eigenvalue weighted by molar-refractivity contribution is -0.139. The molecule has 3 aromatic carbocycles. The summed E-state index contributed by atoms with van der Waals surface area (Å²) >= 11 is 0. The zero-order chi connectivity index (χ0) is 30.0. The summed E-state index contributed by atoms with van der Waals surface area (Å²) in [7, 11) is -4.10. The van der Waals surface area contributed by atoms with Crippen molar-refractivity contribution < 1.29 is 22.7 Å². The third kappa shape index (κ3) is 7.91. The van der Waals surface area contributed by atoms with Gasteiger partial charge in [-0.05, 0) is 74.6 Å². The number of ether oxygens (including phenoxy) is 1. The first-order valence-electron chi connectivity index (χ1n) is 14.8. The minimum Gasteiger partial charge on any atom is -0.494 e. The van der Waals surface area contributed by atoms with Crippen LogP contribution in [0.3, 0.4) is 0 Å². The highest BCUT2D eigenvalue weighted by Crippen LogP contribution is 2.27. The molecule has 1 aliphatic rings. The van der Waals surface area contributed by atoms with Crippen LogP contribution in [0.5, 0.6) is 5.75 Å². The lowest BCUT2D eigenvalue weighted by Crippen LogP contribution is -2.54. The monoisotopic (exact) mass is 591 g/mol. The van der Waals surface area contributed by atoms with Crippen molar-refractivity contribution >= 4 is 27.5 Å². The van der Waals surface area contributed by atoms with Crippen LogP contribution in [-0.2, 0) is 26.0 Å². The van der Waals surface area contributed by atoms with Crippen molar-refractivity contribution in [2.45, 2.75) is 69.4 Å². The summed E-state index contributed by atoms with van der Waals surface area (Å²) in [4.78, 5) is 29.3. The maximum atomic E-state index is 14.2. The van der Waals surface area contributed by atoms with Gasteiger partial charge in [0.2, 0.25) is 11.8 Å². The van der Waals surface area contributed by atoms with E-state index in [1.165, 1.54) is 12.1 Å².